The average Bonchev–Trinajstić information content (AvgIpc) is 2.42. The molecule has 2 rings (SSSR count). The van der Waals surface area contributed by atoms with Gasteiger partial charge in [0.05, 0.1) is 0 Å². The molecule has 0 spiro atoms. The fourth-order valence-corrected chi connectivity index (χ4v) is 3.16. The van der Waals surface area contributed by atoms with Gasteiger partial charge in [-0.25, -0.2) is 0 Å². The summed E-state index contributed by atoms with van der Waals surface area (Å²) in [6.45, 7) is 3.06. The van der Waals surface area contributed by atoms with Crippen molar-refractivity contribution in [2.24, 2.45) is 11.7 Å². The number of benzene rings is 1. The Labute approximate surface area is 118 Å². The van der Waals surface area contributed by atoms with Gasteiger partial charge in [-0.15, -0.1) is 0 Å². The molecular formula is C17H28N2. The molecule has 0 radical (unpaired) electrons. The van der Waals surface area contributed by atoms with Gasteiger partial charge in [0.25, 0.3) is 0 Å². The summed E-state index contributed by atoms with van der Waals surface area (Å²) < 4.78 is 0. The van der Waals surface area contributed by atoms with Gasteiger partial charge >= 0.3 is 0 Å². The molecule has 0 aliphatic heterocycles. The molecule has 1 aromatic rings. The Morgan fingerprint density at radius 3 is 2.32 bits per heavy atom. The van der Waals surface area contributed by atoms with Gasteiger partial charge in [0.15, 0.2) is 0 Å². The first kappa shape index (κ1) is 14.5. The van der Waals surface area contributed by atoms with Crippen molar-refractivity contribution >= 4 is 0 Å². The maximum absolute atomic E-state index is 5.58. The Hall–Kier alpha value is -0.860. The number of nitrogens with two attached hydrogens (primary N) is 1. The van der Waals surface area contributed by atoms with Crippen LogP contribution in [0.15, 0.2) is 24.3 Å². The fraction of sp³-hybridized carbons (Fsp3) is 0.647. The summed E-state index contributed by atoms with van der Waals surface area (Å²) in [5.41, 5.74) is 8.34. The van der Waals surface area contributed by atoms with Crippen molar-refractivity contribution in [1.82, 2.24) is 4.90 Å². The quantitative estimate of drug-likeness (QED) is 0.851. The molecule has 0 aromatic heterocycles. The normalized spacial score (nSPS) is 17.0. The lowest BCUT2D eigenvalue weighted by atomic mass is 9.89. The molecule has 1 aliphatic carbocycles. The molecule has 2 N–H and O–H groups in total. The van der Waals surface area contributed by atoms with Crippen molar-refractivity contribution in [2.45, 2.75) is 45.1 Å². The van der Waals surface area contributed by atoms with Crippen molar-refractivity contribution in [2.75, 3.05) is 20.1 Å². The van der Waals surface area contributed by atoms with Crippen LogP contribution in [0.4, 0.5) is 0 Å². The van der Waals surface area contributed by atoms with E-state index >= 15 is 0 Å². The van der Waals surface area contributed by atoms with E-state index in [1.165, 1.54) is 49.8 Å². The molecule has 1 saturated carbocycles. The highest BCUT2D eigenvalue weighted by atomic mass is 15.1. The summed E-state index contributed by atoms with van der Waals surface area (Å²) in [6, 6.07) is 8.94. The summed E-state index contributed by atoms with van der Waals surface area (Å²) in [6.07, 6.45) is 8.17. The Morgan fingerprint density at radius 2 is 1.68 bits per heavy atom. The summed E-state index contributed by atoms with van der Waals surface area (Å²) in [5.74, 6) is 0.926. The predicted octanol–water partition coefficient (Wildman–Crippen LogP) is 3.20. The summed E-state index contributed by atoms with van der Waals surface area (Å²) in [5, 5.41) is 0. The molecule has 1 aliphatic rings. The Kier molecular flexibility index (Phi) is 5.87. The third-order valence-corrected chi connectivity index (χ3v) is 4.20. The predicted molar refractivity (Wildman–Crippen MR) is 82.1 cm³/mol. The first-order chi connectivity index (χ1) is 9.28. The van der Waals surface area contributed by atoms with E-state index in [2.05, 4.69) is 36.2 Å². The third kappa shape index (κ3) is 4.96. The maximum atomic E-state index is 5.58. The highest BCUT2D eigenvalue weighted by Gasteiger charge is 2.15. The van der Waals surface area contributed by atoms with Gasteiger partial charge in [-0.05, 0) is 49.9 Å². The van der Waals surface area contributed by atoms with E-state index in [-0.39, 0.29) is 0 Å². The van der Waals surface area contributed by atoms with Gasteiger partial charge in [0, 0.05) is 13.1 Å². The van der Waals surface area contributed by atoms with Crippen LogP contribution in [-0.4, -0.2) is 25.0 Å². The van der Waals surface area contributed by atoms with Gasteiger partial charge < -0.3 is 10.6 Å². The lowest BCUT2D eigenvalue weighted by Gasteiger charge is -2.27. The average molecular weight is 260 g/mol. The molecule has 0 heterocycles. The summed E-state index contributed by atoms with van der Waals surface area (Å²) in [7, 11) is 2.25. The Morgan fingerprint density at radius 1 is 1.05 bits per heavy atom. The van der Waals surface area contributed by atoms with Crippen LogP contribution in [-0.2, 0) is 13.0 Å². The van der Waals surface area contributed by atoms with Gasteiger partial charge in [-0.2, -0.15) is 0 Å². The van der Waals surface area contributed by atoms with E-state index in [1.807, 2.05) is 0 Å². The molecule has 0 saturated heterocycles. The highest BCUT2D eigenvalue weighted by molar-refractivity contribution is 5.22. The van der Waals surface area contributed by atoms with Crippen molar-refractivity contribution in [3.63, 3.8) is 0 Å². The van der Waals surface area contributed by atoms with E-state index < -0.39 is 0 Å². The van der Waals surface area contributed by atoms with Gasteiger partial charge in [-0.1, -0.05) is 43.5 Å². The minimum Gasteiger partial charge on any atom is -0.330 e. The van der Waals surface area contributed by atoms with E-state index in [1.54, 1.807) is 0 Å². The SMILES string of the molecule is CN(Cc1ccc(CCN)cc1)CC1CCCCC1. The Balaban J connectivity index is 1.78. The van der Waals surface area contributed by atoms with Crippen LogP contribution in [0.3, 0.4) is 0 Å². The molecule has 2 heteroatoms. The second-order valence-corrected chi connectivity index (χ2v) is 6.06. The minimum atomic E-state index is 0.737. The lowest BCUT2D eigenvalue weighted by Crippen LogP contribution is -2.26. The van der Waals surface area contributed by atoms with Gasteiger partial charge in [-0.3, -0.25) is 0 Å². The number of rotatable bonds is 6. The van der Waals surface area contributed by atoms with Crippen LogP contribution in [0, 0.1) is 5.92 Å². The number of hydrogen-bond acceptors (Lipinski definition) is 2. The summed E-state index contributed by atoms with van der Waals surface area (Å²) >= 11 is 0. The lowest BCUT2D eigenvalue weighted by molar-refractivity contribution is 0.228. The van der Waals surface area contributed by atoms with Crippen LogP contribution in [0.2, 0.25) is 0 Å². The first-order valence-corrected chi connectivity index (χ1v) is 7.74. The van der Waals surface area contributed by atoms with Crippen molar-refractivity contribution in [3.05, 3.63) is 35.4 Å². The second kappa shape index (κ2) is 7.66. The second-order valence-electron chi connectivity index (χ2n) is 6.06. The van der Waals surface area contributed by atoms with Crippen LogP contribution >= 0.6 is 0 Å². The van der Waals surface area contributed by atoms with Crippen LogP contribution in [0.5, 0.6) is 0 Å². The van der Waals surface area contributed by atoms with Crippen LogP contribution in [0.25, 0.3) is 0 Å². The van der Waals surface area contributed by atoms with Gasteiger partial charge in [0.2, 0.25) is 0 Å². The molecule has 106 valence electrons. The van der Waals surface area contributed by atoms with Gasteiger partial charge in [0.1, 0.15) is 0 Å². The third-order valence-electron chi connectivity index (χ3n) is 4.20. The smallest absolute Gasteiger partial charge is 0.0230 e. The largest absolute Gasteiger partial charge is 0.330 e. The molecule has 0 unspecified atom stereocenters. The molecule has 19 heavy (non-hydrogen) atoms. The molecule has 1 aromatic carbocycles. The van der Waals surface area contributed by atoms with Crippen molar-refractivity contribution in [3.8, 4) is 0 Å². The van der Waals surface area contributed by atoms with E-state index in [9.17, 15) is 0 Å². The minimum absolute atomic E-state index is 0.737. The molecule has 0 bridgehead atoms. The maximum Gasteiger partial charge on any atom is 0.0230 e. The highest BCUT2D eigenvalue weighted by Crippen LogP contribution is 2.24. The zero-order chi connectivity index (χ0) is 13.5. The number of nitrogens with zero attached hydrogens (tertiary/aromatic N) is 1. The topological polar surface area (TPSA) is 29.3 Å². The molecule has 1 fully saturated rings. The molecule has 0 atom stereocenters. The summed E-state index contributed by atoms with van der Waals surface area (Å²) in [4.78, 5) is 2.48. The molecule has 2 nitrogen and oxygen atoms in total. The first-order valence-electron chi connectivity index (χ1n) is 7.74. The monoisotopic (exact) mass is 260 g/mol. The van der Waals surface area contributed by atoms with E-state index in [4.69, 9.17) is 5.73 Å². The molecular weight excluding hydrogens is 232 g/mol. The van der Waals surface area contributed by atoms with Crippen molar-refractivity contribution < 1.29 is 0 Å². The Bertz CT molecular complexity index is 352. The zero-order valence-electron chi connectivity index (χ0n) is 12.3. The van der Waals surface area contributed by atoms with E-state index in [0.717, 1.165) is 25.4 Å². The van der Waals surface area contributed by atoms with Crippen LogP contribution < -0.4 is 5.73 Å². The zero-order valence-corrected chi connectivity index (χ0v) is 12.3. The number of hydrogen-bond donors (Lipinski definition) is 1. The van der Waals surface area contributed by atoms with Crippen LogP contribution in [0.1, 0.15) is 43.2 Å². The van der Waals surface area contributed by atoms with E-state index in [0.29, 0.717) is 0 Å². The van der Waals surface area contributed by atoms with Crippen molar-refractivity contribution in [1.29, 1.82) is 0 Å². The molecule has 0 amide bonds. The fourth-order valence-electron chi connectivity index (χ4n) is 3.16. The standard InChI is InChI=1S/C17H28N2/c1-19(13-16-5-3-2-4-6-16)14-17-9-7-15(8-10-17)11-12-18/h7-10,16H,2-6,11-14,18H2,1H3.